The maximum absolute atomic E-state index is 12.3. The summed E-state index contributed by atoms with van der Waals surface area (Å²) in [5, 5.41) is 0. The molecular formula is C15H30N4O2. The zero-order chi connectivity index (χ0) is 16.0. The van der Waals surface area contributed by atoms with E-state index in [-0.39, 0.29) is 18.0 Å². The average Bonchev–Trinajstić information content (AvgIpc) is 2.62. The van der Waals surface area contributed by atoms with Crippen LogP contribution in [-0.4, -0.2) is 72.5 Å². The van der Waals surface area contributed by atoms with Gasteiger partial charge in [-0.15, -0.1) is 0 Å². The second-order valence-electron chi connectivity index (χ2n) is 6.44. The number of nitrogens with two attached hydrogens (primary N) is 1. The third kappa shape index (κ3) is 5.91. The molecule has 3 amide bonds. The number of likely N-dealkylation sites (N-methyl/N-ethyl adjacent to an activating group) is 1. The first-order valence-corrected chi connectivity index (χ1v) is 7.83. The Labute approximate surface area is 128 Å². The molecule has 0 spiro atoms. The van der Waals surface area contributed by atoms with E-state index in [9.17, 15) is 9.59 Å². The molecule has 2 N–H and O–H groups in total. The highest BCUT2D eigenvalue weighted by Crippen LogP contribution is 2.10. The predicted octanol–water partition coefficient (Wildman–Crippen LogP) is 0.966. The molecule has 0 bridgehead atoms. The summed E-state index contributed by atoms with van der Waals surface area (Å²) in [6.45, 7) is 9.68. The van der Waals surface area contributed by atoms with Crippen LogP contribution in [0.2, 0.25) is 0 Å². The Kier molecular flexibility index (Phi) is 6.95. The van der Waals surface area contributed by atoms with Crippen molar-refractivity contribution < 1.29 is 9.59 Å². The van der Waals surface area contributed by atoms with Crippen LogP contribution in [0.4, 0.5) is 4.79 Å². The molecule has 1 aliphatic rings. The van der Waals surface area contributed by atoms with Gasteiger partial charge in [0, 0.05) is 39.3 Å². The van der Waals surface area contributed by atoms with Crippen molar-refractivity contribution in [2.45, 2.75) is 39.7 Å². The standard InChI is InChI=1S/C15H30N4O2/c1-12(2)10-13(3)17(4)14(20)11-18-6-5-7-19(9-8-18)15(16)21/h12-13H,5-11H2,1-4H3,(H2,16,21)/t13-/m1/s1. The molecule has 1 heterocycles. The van der Waals surface area contributed by atoms with Gasteiger partial charge in [-0.1, -0.05) is 13.8 Å². The third-order valence-corrected chi connectivity index (χ3v) is 4.13. The van der Waals surface area contributed by atoms with Crippen LogP contribution in [0.1, 0.15) is 33.6 Å². The molecule has 122 valence electrons. The van der Waals surface area contributed by atoms with Gasteiger partial charge in [-0.3, -0.25) is 9.69 Å². The molecule has 6 heteroatoms. The Balaban J connectivity index is 2.45. The Morgan fingerprint density at radius 3 is 2.38 bits per heavy atom. The summed E-state index contributed by atoms with van der Waals surface area (Å²) in [6, 6.07) is -0.113. The summed E-state index contributed by atoms with van der Waals surface area (Å²) in [7, 11) is 1.88. The number of carbonyl (C=O) groups excluding carboxylic acids is 2. The largest absolute Gasteiger partial charge is 0.351 e. The monoisotopic (exact) mass is 298 g/mol. The Morgan fingerprint density at radius 1 is 1.14 bits per heavy atom. The molecule has 21 heavy (non-hydrogen) atoms. The van der Waals surface area contributed by atoms with Crippen molar-refractivity contribution in [3.63, 3.8) is 0 Å². The molecular weight excluding hydrogens is 268 g/mol. The first kappa shape index (κ1) is 17.8. The van der Waals surface area contributed by atoms with E-state index in [1.54, 1.807) is 4.90 Å². The second-order valence-corrected chi connectivity index (χ2v) is 6.44. The summed E-state index contributed by atoms with van der Waals surface area (Å²) in [6.07, 6.45) is 1.87. The van der Waals surface area contributed by atoms with E-state index in [2.05, 4.69) is 25.7 Å². The predicted molar refractivity (Wildman–Crippen MR) is 83.9 cm³/mol. The first-order chi connectivity index (χ1) is 9.81. The van der Waals surface area contributed by atoms with Crippen molar-refractivity contribution in [1.29, 1.82) is 0 Å². The van der Waals surface area contributed by atoms with Gasteiger partial charge in [-0.2, -0.15) is 0 Å². The van der Waals surface area contributed by atoms with Gasteiger partial charge in [0.05, 0.1) is 6.54 Å². The topological polar surface area (TPSA) is 69.9 Å². The van der Waals surface area contributed by atoms with Crippen molar-refractivity contribution in [3.8, 4) is 0 Å². The highest BCUT2D eigenvalue weighted by Gasteiger charge is 2.22. The highest BCUT2D eigenvalue weighted by atomic mass is 16.2. The normalized spacial score (nSPS) is 18.4. The zero-order valence-corrected chi connectivity index (χ0v) is 13.8. The van der Waals surface area contributed by atoms with Gasteiger partial charge in [0.15, 0.2) is 0 Å². The lowest BCUT2D eigenvalue weighted by Crippen LogP contribution is -2.44. The molecule has 1 saturated heterocycles. The van der Waals surface area contributed by atoms with Crippen LogP contribution >= 0.6 is 0 Å². The number of amides is 3. The van der Waals surface area contributed by atoms with Crippen LogP contribution in [-0.2, 0) is 4.79 Å². The minimum atomic E-state index is -0.370. The van der Waals surface area contributed by atoms with Gasteiger partial charge in [-0.25, -0.2) is 4.79 Å². The van der Waals surface area contributed by atoms with Crippen molar-refractivity contribution in [2.24, 2.45) is 11.7 Å². The zero-order valence-electron chi connectivity index (χ0n) is 13.8. The van der Waals surface area contributed by atoms with Gasteiger partial charge in [0.25, 0.3) is 0 Å². The van der Waals surface area contributed by atoms with E-state index in [1.807, 2.05) is 11.9 Å². The van der Waals surface area contributed by atoms with Gasteiger partial charge in [-0.05, 0) is 25.7 Å². The molecule has 0 radical (unpaired) electrons. The lowest BCUT2D eigenvalue weighted by atomic mass is 10.0. The van der Waals surface area contributed by atoms with Crippen LogP contribution in [0.5, 0.6) is 0 Å². The minimum absolute atomic E-state index is 0.149. The van der Waals surface area contributed by atoms with Gasteiger partial charge < -0.3 is 15.5 Å². The maximum atomic E-state index is 12.3. The lowest BCUT2D eigenvalue weighted by molar-refractivity contribution is -0.133. The second kappa shape index (κ2) is 8.22. The van der Waals surface area contributed by atoms with E-state index in [4.69, 9.17) is 5.73 Å². The molecule has 0 aliphatic carbocycles. The van der Waals surface area contributed by atoms with Crippen molar-refractivity contribution in [2.75, 3.05) is 39.8 Å². The molecule has 6 nitrogen and oxygen atoms in total. The molecule has 0 aromatic carbocycles. The number of hydrogen-bond acceptors (Lipinski definition) is 3. The minimum Gasteiger partial charge on any atom is -0.351 e. The molecule has 0 aromatic heterocycles. The summed E-state index contributed by atoms with van der Waals surface area (Å²) in [4.78, 5) is 29.1. The quantitative estimate of drug-likeness (QED) is 0.822. The summed E-state index contributed by atoms with van der Waals surface area (Å²) < 4.78 is 0. The van der Waals surface area contributed by atoms with Crippen LogP contribution in [0.3, 0.4) is 0 Å². The maximum Gasteiger partial charge on any atom is 0.314 e. The molecule has 0 aromatic rings. The fraction of sp³-hybridized carbons (Fsp3) is 0.867. The number of carbonyl (C=O) groups is 2. The first-order valence-electron chi connectivity index (χ1n) is 7.83. The van der Waals surface area contributed by atoms with E-state index in [1.165, 1.54) is 0 Å². The molecule has 0 unspecified atom stereocenters. The van der Waals surface area contributed by atoms with Crippen molar-refractivity contribution >= 4 is 11.9 Å². The number of urea groups is 1. The summed E-state index contributed by atoms with van der Waals surface area (Å²) >= 11 is 0. The van der Waals surface area contributed by atoms with Gasteiger partial charge in [0.2, 0.25) is 5.91 Å². The Hall–Kier alpha value is -1.30. The summed E-state index contributed by atoms with van der Waals surface area (Å²) in [5.41, 5.74) is 5.31. The lowest BCUT2D eigenvalue weighted by Gasteiger charge is -2.29. The SMILES string of the molecule is CC(C)C[C@@H](C)N(C)C(=O)CN1CCCN(C(N)=O)CC1. The Morgan fingerprint density at radius 2 is 1.81 bits per heavy atom. The number of primary amides is 1. The molecule has 0 saturated carbocycles. The van der Waals surface area contributed by atoms with E-state index in [0.29, 0.717) is 32.1 Å². The Bertz CT molecular complexity index is 360. The molecule has 1 rings (SSSR count). The highest BCUT2D eigenvalue weighted by molar-refractivity contribution is 5.78. The molecule has 1 atom stereocenters. The number of hydrogen-bond donors (Lipinski definition) is 1. The number of nitrogens with zero attached hydrogens (tertiary/aromatic N) is 3. The van der Waals surface area contributed by atoms with Crippen LogP contribution in [0, 0.1) is 5.92 Å². The van der Waals surface area contributed by atoms with Crippen LogP contribution in [0.25, 0.3) is 0 Å². The fourth-order valence-corrected chi connectivity index (χ4v) is 2.74. The summed E-state index contributed by atoms with van der Waals surface area (Å²) in [5.74, 6) is 0.730. The van der Waals surface area contributed by atoms with Gasteiger partial charge in [0.1, 0.15) is 0 Å². The average molecular weight is 298 g/mol. The smallest absolute Gasteiger partial charge is 0.314 e. The van der Waals surface area contributed by atoms with E-state index < -0.39 is 0 Å². The third-order valence-electron chi connectivity index (χ3n) is 4.13. The molecule has 1 fully saturated rings. The van der Waals surface area contributed by atoms with E-state index in [0.717, 1.165) is 19.4 Å². The number of rotatable bonds is 5. The fourth-order valence-electron chi connectivity index (χ4n) is 2.74. The molecule has 1 aliphatic heterocycles. The van der Waals surface area contributed by atoms with Gasteiger partial charge >= 0.3 is 6.03 Å². The van der Waals surface area contributed by atoms with Crippen LogP contribution < -0.4 is 5.73 Å². The van der Waals surface area contributed by atoms with Crippen molar-refractivity contribution in [1.82, 2.24) is 14.7 Å². The van der Waals surface area contributed by atoms with E-state index >= 15 is 0 Å². The van der Waals surface area contributed by atoms with Crippen LogP contribution in [0.15, 0.2) is 0 Å². The van der Waals surface area contributed by atoms with Crippen molar-refractivity contribution in [3.05, 3.63) is 0 Å².